The van der Waals surface area contributed by atoms with Crippen LogP contribution in [0.15, 0.2) is 53.4 Å². The van der Waals surface area contributed by atoms with Crippen molar-refractivity contribution in [3.05, 3.63) is 59.7 Å². The molecule has 0 aromatic heterocycles. The number of nitrogens with one attached hydrogen (secondary N) is 1. The van der Waals surface area contributed by atoms with E-state index in [1.807, 2.05) is 6.92 Å². The maximum absolute atomic E-state index is 12.4. The molecule has 3 aromatic rings. The summed E-state index contributed by atoms with van der Waals surface area (Å²) < 4.78 is 31.7. The summed E-state index contributed by atoms with van der Waals surface area (Å²) in [6, 6.07) is 11.6. The second-order valence-electron chi connectivity index (χ2n) is 5.90. The van der Waals surface area contributed by atoms with Crippen LogP contribution in [-0.4, -0.2) is 24.0 Å². The molecule has 0 saturated carbocycles. The molecule has 5 N–H and O–H groups in total. The van der Waals surface area contributed by atoms with Crippen LogP contribution < -0.4 is 11.1 Å². The van der Waals surface area contributed by atoms with Crippen molar-refractivity contribution in [1.82, 2.24) is 0 Å². The number of rotatable bonds is 3. The van der Waals surface area contributed by atoms with E-state index in [-0.39, 0.29) is 21.9 Å². The summed E-state index contributed by atoms with van der Waals surface area (Å²) in [5.74, 6) is -0.608. The molecule has 3 aromatic carbocycles. The van der Waals surface area contributed by atoms with Crippen molar-refractivity contribution < 1.29 is 22.9 Å². The van der Waals surface area contributed by atoms with Crippen LogP contribution in [0.2, 0.25) is 0 Å². The van der Waals surface area contributed by atoms with Crippen LogP contribution in [0, 0.1) is 6.92 Å². The molecule has 0 saturated heterocycles. The van der Waals surface area contributed by atoms with E-state index in [2.05, 4.69) is 5.32 Å². The first-order valence-electron chi connectivity index (χ1n) is 7.57. The highest BCUT2D eigenvalue weighted by Crippen LogP contribution is 2.31. The van der Waals surface area contributed by atoms with Crippen LogP contribution in [0.1, 0.15) is 15.9 Å². The normalized spacial score (nSPS) is 11.5. The summed E-state index contributed by atoms with van der Waals surface area (Å²) in [7, 11) is -4.38. The third-order valence-corrected chi connectivity index (χ3v) is 4.76. The molecule has 0 spiro atoms. The van der Waals surface area contributed by atoms with Crippen LogP contribution in [-0.2, 0) is 10.1 Å². The third-order valence-electron chi connectivity index (χ3n) is 3.91. The summed E-state index contributed by atoms with van der Waals surface area (Å²) in [6.07, 6.45) is 0. The number of nitrogen functional groups attached to an aromatic ring is 1. The van der Waals surface area contributed by atoms with Crippen molar-refractivity contribution in [2.75, 3.05) is 11.1 Å². The summed E-state index contributed by atoms with van der Waals surface area (Å²) in [6.45, 7) is 1.85. The molecule has 0 aliphatic rings. The number of phenols is 1. The van der Waals surface area contributed by atoms with Crippen molar-refractivity contribution in [2.24, 2.45) is 0 Å². The van der Waals surface area contributed by atoms with E-state index in [0.717, 1.165) is 5.56 Å². The first-order valence-corrected chi connectivity index (χ1v) is 9.01. The minimum Gasteiger partial charge on any atom is -0.507 e. The highest BCUT2D eigenvalue weighted by atomic mass is 32.2. The summed E-state index contributed by atoms with van der Waals surface area (Å²) in [5, 5.41) is 13.5. The number of aryl methyl sites for hydroxylation is 1. The molecule has 26 heavy (non-hydrogen) atoms. The van der Waals surface area contributed by atoms with E-state index in [9.17, 15) is 18.3 Å². The highest BCUT2D eigenvalue weighted by molar-refractivity contribution is 7.85. The van der Waals surface area contributed by atoms with E-state index in [1.165, 1.54) is 30.3 Å². The highest BCUT2D eigenvalue weighted by Gasteiger charge is 2.14. The van der Waals surface area contributed by atoms with Gasteiger partial charge < -0.3 is 16.2 Å². The van der Waals surface area contributed by atoms with E-state index >= 15 is 0 Å². The van der Waals surface area contributed by atoms with Crippen molar-refractivity contribution >= 4 is 38.2 Å². The van der Waals surface area contributed by atoms with Crippen molar-refractivity contribution in [2.45, 2.75) is 11.8 Å². The molecule has 1 amide bonds. The Morgan fingerprint density at radius 2 is 1.81 bits per heavy atom. The number of carbonyl (C=O) groups is 1. The fraction of sp³-hybridized carbons (Fsp3) is 0.0556. The van der Waals surface area contributed by atoms with Gasteiger partial charge in [-0.15, -0.1) is 0 Å². The molecule has 0 atom stereocenters. The minimum absolute atomic E-state index is 0.142. The van der Waals surface area contributed by atoms with Gasteiger partial charge in [-0.25, -0.2) is 0 Å². The standard InChI is InChI=1S/C18H16N2O5S/c1-10-2-4-15(16(19)6-10)18(22)20-12-7-11-8-13(26(23,24)25)3-5-14(11)17(21)9-12/h2-9,21H,19H2,1H3,(H,20,22)(H,23,24,25). The Morgan fingerprint density at radius 3 is 2.46 bits per heavy atom. The second-order valence-corrected chi connectivity index (χ2v) is 7.32. The minimum atomic E-state index is -4.38. The average Bonchev–Trinajstić information content (AvgIpc) is 2.53. The molecule has 0 aliphatic carbocycles. The van der Waals surface area contributed by atoms with Gasteiger partial charge in [0.2, 0.25) is 0 Å². The molecule has 7 nitrogen and oxygen atoms in total. The first-order chi connectivity index (χ1) is 12.1. The Bertz CT molecular complexity index is 1140. The lowest BCUT2D eigenvalue weighted by Crippen LogP contribution is -2.14. The van der Waals surface area contributed by atoms with Crippen LogP contribution in [0.25, 0.3) is 10.8 Å². The first kappa shape index (κ1) is 17.7. The van der Waals surface area contributed by atoms with Gasteiger partial charge in [0.05, 0.1) is 10.5 Å². The van der Waals surface area contributed by atoms with Crippen LogP contribution in [0.5, 0.6) is 5.75 Å². The van der Waals surface area contributed by atoms with Crippen molar-refractivity contribution in [1.29, 1.82) is 0 Å². The smallest absolute Gasteiger partial charge is 0.294 e. The number of hydrogen-bond acceptors (Lipinski definition) is 5. The predicted molar refractivity (Wildman–Crippen MR) is 99.0 cm³/mol. The Labute approximate surface area is 149 Å². The van der Waals surface area contributed by atoms with Gasteiger partial charge in [-0.3, -0.25) is 9.35 Å². The fourth-order valence-electron chi connectivity index (χ4n) is 2.65. The number of benzene rings is 3. The van der Waals surface area contributed by atoms with Crippen molar-refractivity contribution in [3.63, 3.8) is 0 Å². The lowest BCUT2D eigenvalue weighted by molar-refractivity contribution is 0.102. The molecule has 0 heterocycles. The number of nitrogens with two attached hydrogens (primary N) is 1. The maximum atomic E-state index is 12.4. The van der Waals surface area contributed by atoms with Gasteiger partial charge in [0, 0.05) is 22.8 Å². The van der Waals surface area contributed by atoms with Gasteiger partial charge in [0.1, 0.15) is 5.75 Å². The van der Waals surface area contributed by atoms with E-state index in [0.29, 0.717) is 16.5 Å². The Kier molecular flexibility index (Phi) is 4.31. The zero-order valence-electron chi connectivity index (χ0n) is 13.7. The summed E-state index contributed by atoms with van der Waals surface area (Å²) in [4.78, 5) is 12.1. The molecule has 0 aliphatic heterocycles. The van der Waals surface area contributed by atoms with E-state index < -0.39 is 16.0 Å². The molecule has 0 radical (unpaired) electrons. The number of fused-ring (bicyclic) bond motifs is 1. The van der Waals surface area contributed by atoms with Gasteiger partial charge in [-0.05, 0) is 54.3 Å². The quantitative estimate of drug-likeness (QED) is 0.413. The zero-order chi connectivity index (χ0) is 19.1. The zero-order valence-corrected chi connectivity index (χ0v) is 14.5. The number of amides is 1. The monoisotopic (exact) mass is 372 g/mol. The molecule has 0 unspecified atom stereocenters. The number of hydrogen-bond donors (Lipinski definition) is 4. The van der Waals surface area contributed by atoms with Gasteiger partial charge in [-0.2, -0.15) is 8.42 Å². The van der Waals surface area contributed by atoms with Crippen LogP contribution >= 0.6 is 0 Å². The van der Waals surface area contributed by atoms with Crippen LogP contribution in [0.3, 0.4) is 0 Å². The van der Waals surface area contributed by atoms with Crippen LogP contribution in [0.4, 0.5) is 11.4 Å². The van der Waals surface area contributed by atoms with Gasteiger partial charge in [-0.1, -0.05) is 6.07 Å². The van der Waals surface area contributed by atoms with Gasteiger partial charge in [0.15, 0.2) is 0 Å². The number of phenolic OH excluding ortho intramolecular Hbond substituents is 1. The van der Waals surface area contributed by atoms with E-state index in [1.54, 1.807) is 18.2 Å². The fourth-order valence-corrected chi connectivity index (χ4v) is 3.16. The number of anilines is 2. The van der Waals surface area contributed by atoms with E-state index in [4.69, 9.17) is 10.3 Å². The predicted octanol–water partition coefficient (Wildman–Crippen LogP) is 2.94. The van der Waals surface area contributed by atoms with Gasteiger partial charge in [0.25, 0.3) is 16.0 Å². The maximum Gasteiger partial charge on any atom is 0.294 e. The molecule has 0 bridgehead atoms. The molecule has 134 valence electrons. The summed E-state index contributed by atoms with van der Waals surface area (Å²) in [5.41, 5.74) is 7.63. The Morgan fingerprint density at radius 1 is 1.08 bits per heavy atom. The number of aromatic hydroxyl groups is 1. The molecular weight excluding hydrogens is 356 g/mol. The average molecular weight is 372 g/mol. The molecule has 0 fully saturated rings. The number of carbonyl (C=O) groups excluding carboxylic acids is 1. The van der Waals surface area contributed by atoms with Gasteiger partial charge >= 0.3 is 0 Å². The lowest BCUT2D eigenvalue weighted by Gasteiger charge is -2.11. The molecular formula is C18H16N2O5S. The Balaban J connectivity index is 2.01. The molecule has 8 heteroatoms. The molecule has 3 rings (SSSR count). The topological polar surface area (TPSA) is 130 Å². The lowest BCUT2D eigenvalue weighted by atomic mass is 10.1. The van der Waals surface area contributed by atoms with Crippen molar-refractivity contribution in [3.8, 4) is 5.75 Å². The summed E-state index contributed by atoms with van der Waals surface area (Å²) >= 11 is 0. The third kappa shape index (κ3) is 3.46. The SMILES string of the molecule is Cc1ccc(C(=O)Nc2cc(O)c3ccc(S(=O)(=O)O)cc3c2)c(N)c1. The second kappa shape index (κ2) is 6.32. The Hall–Kier alpha value is -3.10. The largest absolute Gasteiger partial charge is 0.507 e.